The van der Waals surface area contributed by atoms with E-state index in [1.165, 1.54) is 5.56 Å². The molecule has 3 unspecified atom stereocenters. The molecule has 1 aliphatic rings. The number of amides is 1. The fraction of sp³-hybridized carbons (Fsp3) is 0.611. The average Bonchev–Trinajstić information content (AvgIpc) is 2.78. The molecule has 2 rings (SSSR count). The van der Waals surface area contributed by atoms with Crippen molar-refractivity contribution in [3.05, 3.63) is 35.9 Å². The Bertz CT molecular complexity index is 495. The number of carbonyl (C=O) groups is 1. The van der Waals surface area contributed by atoms with Crippen LogP contribution in [-0.2, 0) is 4.74 Å². The largest absolute Gasteiger partial charge is 0.444 e. The van der Waals surface area contributed by atoms with Crippen LogP contribution in [0, 0.1) is 5.92 Å². The van der Waals surface area contributed by atoms with Crippen molar-refractivity contribution in [2.45, 2.75) is 51.2 Å². The average molecular weight is 305 g/mol. The molecule has 0 aromatic heterocycles. The first-order valence-corrected chi connectivity index (χ1v) is 7.93. The van der Waals surface area contributed by atoms with Crippen LogP contribution in [0.25, 0.3) is 0 Å². The van der Waals surface area contributed by atoms with E-state index in [1.54, 1.807) is 11.9 Å². The number of rotatable bonds is 3. The summed E-state index contributed by atoms with van der Waals surface area (Å²) in [7, 11) is 1.76. The summed E-state index contributed by atoms with van der Waals surface area (Å²) < 4.78 is 5.40. The molecule has 0 heterocycles. The van der Waals surface area contributed by atoms with E-state index in [4.69, 9.17) is 4.74 Å². The first-order valence-electron chi connectivity index (χ1n) is 7.93. The van der Waals surface area contributed by atoms with Gasteiger partial charge in [-0.05, 0) is 51.0 Å². The van der Waals surface area contributed by atoms with Crippen molar-refractivity contribution >= 4 is 6.09 Å². The lowest BCUT2D eigenvalue weighted by Gasteiger charge is -2.28. The van der Waals surface area contributed by atoms with Crippen molar-refractivity contribution in [2.75, 3.05) is 13.6 Å². The van der Waals surface area contributed by atoms with E-state index in [9.17, 15) is 9.90 Å². The van der Waals surface area contributed by atoms with Crippen molar-refractivity contribution in [1.82, 2.24) is 4.90 Å². The van der Waals surface area contributed by atoms with E-state index in [0.29, 0.717) is 12.5 Å². The van der Waals surface area contributed by atoms with Crippen molar-refractivity contribution in [3.63, 3.8) is 0 Å². The topological polar surface area (TPSA) is 49.8 Å². The van der Waals surface area contributed by atoms with E-state index < -0.39 is 5.60 Å². The van der Waals surface area contributed by atoms with Gasteiger partial charge in [-0.1, -0.05) is 30.3 Å². The standard InChI is InChI=1S/C18H27NO3/c1-18(2,3)22-17(21)19(4)12-14-10-15(20)11-16(14)13-8-6-5-7-9-13/h5-9,14-16,20H,10-12H2,1-4H3. The number of carbonyl (C=O) groups excluding carboxylic acids is 1. The number of hydrogen-bond acceptors (Lipinski definition) is 3. The molecule has 1 aliphatic carbocycles. The summed E-state index contributed by atoms with van der Waals surface area (Å²) in [6, 6.07) is 10.2. The number of aliphatic hydroxyl groups is 1. The highest BCUT2D eigenvalue weighted by Crippen LogP contribution is 2.40. The van der Waals surface area contributed by atoms with E-state index in [1.807, 2.05) is 39.0 Å². The van der Waals surface area contributed by atoms with Crippen LogP contribution in [-0.4, -0.2) is 41.4 Å². The SMILES string of the molecule is CN(CC1CC(O)CC1c1ccccc1)C(=O)OC(C)(C)C. The van der Waals surface area contributed by atoms with Crippen LogP contribution < -0.4 is 0 Å². The Morgan fingerprint density at radius 1 is 1.27 bits per heavy atom. The minimum absolute atomic E-state index is 0.259. The van der Waals surface area contributed by atoms with Gasteiger partial charge in [0.25, 0.3) is 0 Å². The summed E-state index contributed by atoms with van der Waals surface area (Å²) in [5.74, 6) is 0.552. The van der Waals surface area contributed by atoms with E-state index in [2.05, 4.69) is 12.1 Å². The number of ether oxygens (including phenoxy) is 1. The second-order valence-corrected chi connectivity index (χ2v) is 7.26. The molecule has 1 fully saturated rings. The highest BCUT2D eigenvalue weighted by atomic mass is 16.6. The highest BCUT2D eigenvalue weighted by molar-refractivity contribution is 5.67. The zero-order valence-electron chi connectivity index (χ0n) is 14.0. The summed E-state index contributed by atoms with van der Waals surface area (Å²) in [5, 5.41) is 10.0. The molecule has 0 bridgehead atoms. The third-order valence-electron chi connectivity index (χ3n) is 4.11. The molecule has 0 aliphatic heterocycles. The monoisotopic (exact) mass is 305 g/mol. The van der Waals surface area contributed by atoms with Gasteiger partial charge in [-0.15, -0.1) is 0 Å². The summed E-state index contributed by atoms with van der Waals surface area (Å²) in [6.07, 6.45) is 0.895. The third kappa shape index (κ3) is 4.47. The molecule has 1 N–H and O–H groups in total. The second kappa shape index (κ2) is 6.69. The van der Waals surface area contributed by atoms with Crippen LogP contribution in [0.1, 0.15) is 45.1 Å². The molecule has 0 spiro atoms. The number of hydrogen-bond donors (Lipinski definition) is 1. The van der Waals surface area contributed by atoms with Crippen molar-refractivity contribution in [1.29, 1.82) is 0 Å². The fourth-order valence-corrected chi connectivity index (χ4v) is 3.17. The number of benzene rings is 1. The lowest BCUT2D eigenvalue weighted by Crippen LogP contribution is -2.37. The number of nitrogens with zero attached hydrogens (tertiary/aromatic N) is 1. The van der Waals surface area contributed by atoms with Crippen molar-refractivity contribution < 1.29 is 14.6 Å². The van der Waals surface area contributed by atoms with Crippen molar-refractivity contribution in [2.24, 2.45) is 5.92 Å². The van der Waals surface area contributed by atoms with Crippen LogP contribution in [0.5, 0.6) is 0 Å². The highest BCUT2D eigenvalue weighted by Gasteiger charge is 2.36. The lowest BCUT2D eigenvalue weighted by atomic mass is 9.88. The molecule has 3 atom stereocenters. The maximum Gasteiger partial charge on any atom is 0.410 e. The lowest BCUT2D eigenvalue weighted by molar-refractivity contribution is 0.0266. The predicted molar refractivity (Wildman–Crippen MR) is 86.8 cm³/mol. The molecule has 122 valence electrons. The van der Waals surface area contributed by atoms with Gasteiger partial charge in [0.2, 0.25) is 0 Å². The van der Waals surface area contributed by atoms with E-state index in [0.717, 1.165) is 12.8 Å². The van der Waals surface area contributed by atoms with Gasteiger partial charge in [-0.3, -0.25) is 0 Å². The zero-order valence-corrected chi connectivity index (χ0v) is 14.0. The molecule has 4 nitrogen and oxygen atoms in total. The van der Waals surface area contributed by atoms with Gasteiger partial charge in [0.15, 0.2) is 0 Å². The molecule has 1 amide bonds. The normalized spacial score (nSPS) is 25.0. The first kappa shape index (κ1) is 16.8. The molecule has 22 heavy (non-hydrogen) atoms. The molecule has 0 radical (unpaired) electrons. The quantitative estimate of drug-likeness (QED) is 0.931. The van der Waals surface area contributed by atoms with Crippen molar-refractivity contribution in [3.8, 4) is 0 Å². The second-order valence-electron chi connectivity index (χ2n) is 7.26. The van der Waals surface area contributed by atoms with Gasteiger partial charge >= 0.3 is 6.09 Å². The zero-order chi connectivity index (χ0) is 16.3. The molecule has 0 saturated heterocycles. The van der Waals surface area contributed by atoms with Gasteiger partial charge < -0.3 is 14.7 Å². The van der Waals surface area contributed by atoms with Crippen LogP contribution in [0.3, 0.4) is 0 Å². The Kier molecular flexibility index (Phi) is 5.12. The van der Waals surface area contributed by atoms with Crippen LogP contribution in [0.2, 0.25) is 0 Å². The van der Waals surface area contributed by atoms with Gasteiger partial charge in [0.1, 0.15) is 5.60 Å². The maximum absolute atomic E-state index is 12.1. The summed E-state index contributed by atoms with van der Waals surface area (Å²) >= 11 is 0. The van der Waals surface area contributed by atoms with Crippen LogP contribution in [0.15, 0.2) is 30.3 Å². The number of aliphatic hydroxyl groups excluding tert-OH is 1. The smallest absolute Gasteiger partial charge is 0.410 e. The van der Waals surface area contributed by atoms with E-state index >= 15 is 0 Å². The van der Waals surface area contributed by atoms with Crippen LogP contribution in [0.4, 0.5) is 4.79 Å². The van der Waals surface area contributed by atoms with Gasteiger partial charge in [-0.2, -0.15) is 0 Å². The first-order chi connectivity index (χ1) is 10.3. The van der Waals surface area contributed by atoms with E-state index in [-0.39, 0.29) is 18.1 Å². The Hall–Kier alpha value is -1.55. The molecule has 4 heteroatoms. The van der Waals surface area contributed by atoms with Gasteiger partial charge in [0.05, 0.1) is 6.10 Å². The minimum atomic E-state index is -0.487. The van der Waals surface area contributed by atoms with Gasteiger partial charge in [0, 0.05) is 13.6 Å². The Morgan fingerprint density at radius 2 is 1.91 bits per heavy atom. The fourth-order valence-electron chi connectivity index (χ4n) is 3.17. The predicted octanol–water partition coefficient (Wildman–Crippen LogP) is 3.41. The summed E-state index contributed by atoms with van der Waals surface area (Å²) in [6.45, 7) is 6.20. The summed E-state index contributed by atoms with van der Waals surface area (Å²) in [5.41, 5.74) is 0.751. The maximum atomic E-state index is 12.1. The van der Waals surface area contributed by atoms with Gasteiger partial charge in [-0.25, -0.2) is 4.79 Å². The molecular formula is C18H27NO3. The Balaban J connectivity index is 2.02. The van der Waals surface area contributed by atoms with Crippen LogP contribution >= 0.6 is 0 Å². The molecule has 1 aromatic carbocycles. The Morgan fingerprint density at radius 3 is 2.50 bits per heavy atom. The third-order valence-corrected chi connectivity index (χ3v) is 4.11. The minimum Gasteiger partial charge on any atom is -0.444 e. The molecule has 1 aromatic rings. The summed E-state index contributed by atoms with van der Waals surface area (Å²) in [4.78, 5) is 13.7. The molecular weight excluding hydrogens is 278 g/mol. The Labute approximate surface area is 133 Å². The molecule has 1 saturated carbocycles.